The zero-order valence-corrected chi connectivity index (χ0v) is 47.7. The van der Waals surface area contributed by atoms with Gasteiger partial charge in [-0.2, -0.15) is 12.1 Å². The van der Waals surface area contributed by atoms with Gasteiger partial charge in [-0.25, -0.2) is 4.98 Å². The molecule has 0 aliphatic carbocycles. The molecule has 396 valence electrons. The van der Waals surface area contributed by atoms with Crippen molar-refractivity contribution in [2.75, 3.05) is 9.80 Å². The molecule has 11 aromatic rings. The van der Waals surface area contributed by atoms with Crippen LogP contribution in [0.1, 0.15) is 102 Å². The van der Waals surface area contributed by atoms with Crippen LogP contribution in [0.3, 0.4) is 0 Å². The topological polar surface area (TPSA) is 33.5 Å². The Morgan fingerprint density at radius 3 is 1.77 bits per heavy atom. The Morgan fingerprint density at radius 1 is 0.506 bits per heavy atom. The second-order valence-electron chi connectivity index (χ2n) is 22.9. The summed E-state index contributed by atoms with van der Waals surface area (Å²) >= 11 is 0. The number of pyridine rings is 1. The van der Waals surface area contributed by atoms with Crippen LogP contribution >= 0.6 is 0 Å². The second-order valence-corrected chi connectivity index (χ2v) is 22.9. The van der Waals surface area contributed by atoms with Crippen LogP contribution in [-0.2, 0) is 37.3 Å². The zero-order chi connectivity index (χ0) is 65.3. The van der Waals surface area contributed by atoms with Crippen molar-refractivity contribution in [1.29, 1.82) is 0 Å². The molecule has 6 heteroatoms. The summed E-state index contributed by atoms with van der Waals surface area (Å²) in [6, 6.07) is 47.6. The molecule has 0 unspecified atom stereocenters. The molecule has 0 radical (unpaired) electrons. The molecule has 0 bridgehead atoms. The predicted octanol–water partition coefficient (Wildman–Crippen LogP) is 19.8. The van der Waals surface area contributed by atoms with E-state index in [0.29, 0.717) is 38.8 Å². The number of hydrogen-bond donors (Lipinski definition) is 0. The van der Waals surface area contributed by atoms with Crippen LogP contribution < -0.4 is 14.5 Å². The summed E-state index contributed by atoms with van der Waals surface area (Å²) in [6.07, 6.45) is 1.19. The second kappa shape index (κ2) is 20.7. The smallest absolute Gasteiger partial charge is 0.135 e. The van der Waals surface area contributed by atoms with Crippen LogP contribution in [0.2, 0.25) is 0 Å². The Kier molecular flexibility index (Phi) is 10.3. The number of hydrogen-bond acceptors (Lipinski definition) is 4. The van der Waals surface area contributed by atoms with E-state index >= 15 is 0 Å². The maximum atomic E-state index is 8.83. The van der Waals surface area contributed by atoms with Crippen molar-refractivity contribution in [3.8, 4) is 61.8 Å². The number of rotatable bonds is 9. The summed E-state index contributed by atoms with van der Waals surface area (Å²) in [5.74, 6) is 0.636. The van der Waals surface area contributed by atoms with Gasteiger partial charge in [0.25, 0.3) is 0 Å². The normalized spacial score (nSPS) is 15.2. The van der Waals surface area contributed by atoms with Crippen molar-refractivity contribution < 1.29 is 43.6 Å². The molecule has 0 N–H and O–H groups in total. The minimum Gasteiger partial charge on any atom is -0.509 e. The van der Waals surface area contributed by atoms with Gasteiger partial charge in [-0.15, -0.1) is 48.1 Å². The summed E-state index contributed by atoms with van der Waals surface area (Å²) in [5, 5.41) is 1.08. The summed E-state index contributed by atoms with van der Waals surface area (Å²) < 4.78 is 120. The Bertz CT molecular complexity index is 4700. The quantitative estimate of drug-likeness (QED) is 0.135. The molecule has 0 atom stereocenters. The standard InChI is InChI=1S/C73H65N4O.Pt/c1-48-37-69(74-46-64(48)51-27-18-13-19-28-51)77-65-36-33-52(49-23-14-11-15-24-49)40-63(65)60-35-34-59(45-68(60)77)78-58-30-22-29-57(44-58)75-47-76(67-32-21-20-31-66(67)75)70-61(50-25-16-12-17-26-50)42-56(73(8,9)10)43-62(70)53-38-54(71(2,3)4)41-55(39-53)72(5,6)7;/h11-43,46-47H,1-10H3;/q-3;/i1D3,11D,13D,14D,15D,18D,19D,23D,24D,27D,28D;. The average molecular weight is 1220 g/mol. The van der Waals surface area contributed by atoms with Crippen LogP contribution in [0.15, 0.2) is 206 Å². The summed E-state index contributed by atoms with van der Waals surface area (Å²) in [7, 11) is 0. The largest absolute Gasteiger partial charge is 0.509 e. The number of aromatic nitrogens is 2. The van der Waals surface area contributed by atoms with E-state index in [9.17, 15) is 0 Å². The predicted molar refractivity (Wildman–Crippen MR) is 327 cm³/mol. The number of benzene rings is 9. The molecular weight excluding hydrogens is 1140 g/mol. The Hall–Kier alpha value is -7.98. The maximum absolute atomic E-state index is 8.83. The van der Waals surface area contributed by atoms with Gasteiger partial charge in [-0.05, 0) is 115 Å². The molecule has 0 amide bonds. The van der Waals surface area contributed by atoms with Gasteiger partial charge in [-0.1, -0.05) is 201 Å². The molecule has 79 heavy (non-hydrogen) atoms. The van der Waals surface area contributed by atoms with Gasteiger partial charge in [0.2, 0.25) is 0 Å². The SMILES string of the molecule is [2H]c1c([2H])c([2H])c(-c2ccc3c(c2)c2ccc(Oc4[c-]c(N5[CH-]N(c6c(-c7ccccc7)cc(C(C)(C)C)cc6-c6cc(C(C)(C)C)cc(C(C)(C)C)c6)c6ccccc65)ccc4)[c-]c2n3-c2cc(C([2H])([2H])[2H])c(-c3c([2H])c([2H])c([2H])c([2H])c3[2H])cn2)c([2H])c1[2H].[Pt]. The van der Waals surface area contributed by atoms with E-state index in [1.54, 1.807) is 41.0 Å². The number of para-hydroxylation sites is 2. The molecule has 0 fully saturated rings. The van der Waals surface area contributed by atoms with E-state index in [1.165, 1.54) is 29.0 Å². The molecule has 3 heterocycles. The third-order valence-corrected chi connectivity index (χ3v) is 14.5. The first-order chi connectivity index (χ1) is 42.8. The molecule has 2 aromatic heterocycles. The van der Waals surface area contributed by atoms with Gasteiger partial charge >= 0.3 is 0 Å². The van der Waals surface area contributed by atoms with Crippen LogP contribution in [0.4, 0.5) is 22.7 Å². The third kappa shape index (κ3) is 10.2. The fraction of sp³-hybridized carbons (Fsp3) is 0.178. The van der Waals surface area contributed by atoms with Crippen molar-refractivity contribution in [2.24, 2.45) is 0 Å². The van der Waals surface area contributed by atoms with Crippen molar-refractivity contribution in [2.45, 2.75) is 85.4 Å². The van der Waals surface area contributed by atoms with Gasteiger partial charge < -0.3 is 19.1 Å². The first-order valence-corrected chi connectivity index (χ1v) is 26.1. The first kappa shape index (κ1) is 39.4. The van der Waals surface area contributed by atoms with Crippen molar-refractivity contribution >= 4 is 44.6 Å². The molecule has 1 aliphatic rings. The Morgan fingerprint density at radius 2 is 1.11 bits per heavy atom. The number of nitrogens with zero attached hydrogens (tertiary/aromatic N) is 4. The van der Waals surface area contributed by atoms with Gasteiger partial charge in [0.1, 0.15) is 5.82 Å². The number of fused-ring (bicyclic) bond motifs is 4. The first-order valence-electron chi connectivity index (χ1n) is 32.6. The van der Waals surface area contributed by atoms with Crippen LogP contribution in [0.25, 0.3) is 72.1 Å². The van der Waals surface area contributed by atoms with Crippen molar-refractivity contribution in [3.05, 3.63) is 247 Å². The van der Waals surface area contributed by atoms with Crippen molar-refractivity contribution in [3.63, 3.8) is 0 Å². The third-order valence-electron chi connectivity index (χ3n) is 14.5. The molecule has 0 saturated carbocycles. The number of aryl methyl sites for hydroxylation is 1. The summed E-state index contributed by atoms with van der Waals surface area (Å²) in [4.78, 5) is 9.13. The Labute approximate surface area is 499 Å². The molecule has 1 aliphatic heterocycles. The summed E-state index contributed by atoms with van der Waals surface area (Å²) in [5.41, 5.74) is 11.3. The van der Waals surface area contributed by atoms with Gasteiger partial charge in [-0.3, -0.25) is 0 Å². The van der Waals surface area contributed by atoms with Crippen LogP contribution in [0, 0.1) is 25.7 Å². The monoisotopic (exact) mass is 1220 g/mol. The van der Waals surface area contributed by atoms with E-state index in [0.717, 1.165) is 39.3 Å². The van der Waals surface area contributed by atoms with Gasteiger partial charge in [0.05, 0.1) is 13.7 Å². The number of anilines is 4. The fourth-order valence-electron chi connectivity index (χ4n) is 10.2. The van der Waals surface area contributed by atoms with E-state index in [-0.39, 0.29) is 71.1 Å². The molecule has 0 spiro atoms. The molecule has 9 aromatic carbocycles. The van der Waals surface area contributed by atoms with Gasteiger partial charge in [0.15, 0.2) is 0 Å². The van der Waals surface area contributed by atoms with Crippen LogP contribution in [0.5, 0.6) is 11.5 Å². The average Bonchev–Trinajstić information content (AvgIpc) is 1.51. The maximum Gasteiger partial charge on any atom is 0.135 e. The minimum absolute atomic E-state index is 0. The fourth-order valence-corrected chi connectivity index (χ4v) is 10.2. The zero-order valence-electron chi connectivity index (χ0n) is 58.4. The molecular formula is C73H65N4OPt-3. The van der Waals surface area contributed by atoms with E-state index < -0.39 is 67.3 Å². The van der Waals surface area contributed by atoms with E-state index in [2.05, 4.69) is 158 Å². The van der Waals surface area contributed by atoms with E-state index in [4.69, 9.17) is 27.5 Å². The number of ether oxygens (including phenoxy) is 1. The van der Waals surface area contributed by atoms with Crippen molar-refractivity contribution in [1.82, 2.24) is 9.55 Å². The summed E-state index contributed by atoms with van der Waals surface area (Å²) in [6.45, 7) is 19.6. The van der Waals surface area contributed by atoms with Gasteiger partial charge in [0, 0.05) is 82.1 Å². The minimum atomic E-state index is -2.89. The molecule has 5 nitrogen and oxygen atoms in total. The van der Waals surface area contributed by atoms with E-state index in [1.807, 2.05) is 30.3 Å². The molecule has 0 saturated heterocycles. The molecule has 12 rings (SSSR count). The van der Waals surface area contributed by atoms with Crippen LogP contribution in [-0.4, -0.2) is 9.55 Å². The Balaban J connectivity index is 0.00000867.